The molecule has 0 aliphatic carbocycles. The first-order valence-corrected chi connectivity index (χ1v) is 6.13. The van der Waals surface area contributed by atoms with Crippen molar-refractivity contribution in [3.05, 3.63) is 23.9 Å². The average Bonchev–Trinajstić information content (AvgIpc) is 2.77. The lowest BCUT2D eigenvalue weighted by Gasteiger charge is -2.27. The average molecular weight is 270 g/mol. The smallest absolute Gasteiger partial charge is 0.272 e. The maximum Gasteiger partial charge on any atom is 0.272 e. The molecule has 2 rings (SSSR count). The number of nitrogens with zero attached hydrogens (tertiary/aromatic N) is 2. The van der Waals surface area contributed by atoms with Crippen LogP contribution < -0.4 is 5.73 Å². The fourth-order valence-corrected chi connectivity index (χ4v) is 2.46. The molecule has 0 saturated carbocycles. The van der Waals surface area contributed by atoms with Gasteiger partial charge in [0.15, 0.2) is 0 Å². The molecule has 18 heavy (non-hydrogen) atoms. The van der Waals surface area contributed by atoms with Crippen LogP contribution in [0.15, 0.2) is 18.2 Å². The van der Waals surface area contributed by atoms with Gasteiger partial charge in [-0.2, -0.15) is 0 Å². The van der Waals surface area contributed by atoms with E-state index in [1.165, 1.54) is 0 Å². The third-order valence-corrected chi connectivity index (χ3v) is 3.32. The molecular formula is C13H20ClN3O. The number of rotatable bonds is 2. The predicted molar refractivity (Wildman–Crippen MR) is 74.8 cm³/mol. The summed E-state index contributed by atoms with van der Waals surface area (Å²) in [6, 6.07) is 5.54. The Morgan fingerprint density at radius 2 is 2.22 bits per heavy atom. The number of carbonyl (C=O) groups is 1. The molecule has 1 aromatic rings. The number of carbonyl (C=O) groups excluding carboxylic acids is 1. The van der Waals surface area contributed by atoms with Gasteiger partial charge in [-0.05, 0) is 30.9 Å². The van der Waals surface area contributed by atoms with Gasteiger partial charge in [0, 0.05) is 12.6 Å². The molecule has 0 aromatic carbocycles. The molecule has 1 unspecified atom stereocenters. The fourth-order valence-electron chi connectivity index (χ4n) is 2.46. The molecule has 100 valence electrons. The van der Waals surface area contributed by atoms with Crippen molar-refractivity contribution in [2.45, 2.75) is 32.7 Å². The molecule has 0 radical (unpaired) electrons. The van der Waals surface area contributed by atoms with Gasteiger partial charge < -0.3 is 10.6 Å². The van der Waals surface area contributed by atoms with Crippen LogP contribution in [-0.2, 0) is 0 Å². The summed E-state index contributed by atoms with van der Waals surface area (Å²) in [4.78, 5) is 18.4. The normalized spacial score (nSPS) is 18.8. The van der Waals surface area contributed by atoms with Crippen LogP contribution >= 0.6 is 12.4 Å². The lowest BCUT2D eigenvalue weighted by molar-refractivity contribution is 0.0695. The van der Waals surface area contributed by atoms with Gasteiger partial charge in [-0.15, -0.1) is 12.4 Å². The van der Waals surface area contributed by atoms with Crippen LogP contribution in [0.2, 0.25) is 0 Å². The topological polar surface area (TPSA) is 59.2 Å². The van der Waals surface area contributed by atoms with Crippen molar-refractivity contribution in [2.24, 2.45) is 5.92 Å². The van der Waals surface area contributed by atoms with Crippen molar-refractivity contribution in [1.29, 1.82) is 0 Å². The lowest BCUT2D eigenvalue weighted by atomic mass is 10.0. The summed E-state index contributed by atoms with van der Waals surface area (Å²) in [7, 11) is 0. The molecule has 1 aliphatic rings. The molecule has 4 nitrogen and oxygen atoms in total. The number of nitrogens with two attached hydrogens (primary N) is 1. The van der Waals surface area contributed by atoms with Crippen LogP contribution in [0.1, 0.15) is 37.2 Å². The summed E-state index contributed by atoms with van der Waals surface area (Å²) in [6.07, 6.45) is 2.17. The highest BCUT2D eigenvalue weighted by molar-refractivity contribution is 5.93. The fraction of sp³-hybridized carbons (Fsp3) is 0.538. The summed E-state index contributed by atoms with van der Waals surface area (Å²) in [5, 5.41) is 0. The maximum atomic E-state index is 12.3. The van der Waals surface area contributed by atoms with Crippen molar-refractivity contribution in [3.8, 4) is 0 Å². The van der Waals surface area contributed by atoms with Crippen LogP contribution in [0, 0.1) is 5.92 Å². The zero-order valence-electron chi connectivity index (χ0n) is 10.8. The molecule has 1 aromatic heterocycles. The van der Waals surface area contributed by atoms with Gasteiger partial charge in [0.1, 0.15) is 11.5 Å². The van der Waals surface area contributed by atoms with E-state index in [0.29, 0.717) is 23.5 Å². The van der Waals surface area contributed by atoms with Crippen LogP contribution in [0.25, 0.3) is 0 Å². The molecule has 1 aliphatic heterocycles. The number of pyridine rings is 1. The molecule has 2 N–H and O–H groups in total. The Balaban J connectivity index is 0.00000162. The molecule has 5 heteroatoms. The molecule has 0 spiro atoms. The summed E-state index contributed by atoms with van der Waals surface area (Å²) in [5.74, 6) is 0.896. The second kappa shape index (κ2) is 6.05. The SMILES string of the molecule is CC(C)C1CCCN1C(=O)c1cccc(N)n1.Cl. The zero-order valence-corrected chi connectivity index (χ0v) is 11.6. The van der Waals surface area contributed by atoms with Gasteiger partial charge in [0.25, 0.3) is 5.91 Å². The number of aromatic nitrogens is 1. The first-order valence-electron chi connectivity index (χ1n) is 6.13. The Morgan fingerprint density at radius 1 is 1.50 bits per heavy atom. The molecule has 1 saturated heterocycles. The van der Waals surface area contributed by atoms with Crippen molar-refractivity contribution < 1.29 is 4.79 Å². The number of likely N-dealkylation sites (tertiary alicyclic amines) is 1. The maximum absolute atomic E-state index is 12.3. The van der Waals surface area contributed by atoms with E-state index in [0.717, 1.165) is 19.4 Å². The highest BCUT2D eigenvalue weighted by Crippen LogP contribution is 2.25. The minimum absolute atomic E-state index is 0. The van der Waals surface area contributed by atoms with E-state index in [2.05, 4.69) is 18.8 Å². The van der Waals surface area contributed by atoms with Gasteiger partial charge in [-0.25, -0.2) is 4.98 Å². The molecule has 2 heterocycles. The van der Waals surface area contributed by atoms with Gasteiger partial charge in [0.05, 0.1) is 0 Å². The Morgan fingerprint density at radius 3 is 2.83 bits per heavy atom. The van der Waals surface area contributed by atoms with E-state index in [1.54, 1.807) is 18.2 Å². The van der Waals surface area contributed by atoms with Gasteiger partial charge in [0.2, 0.25) is 0 Å². The molecule has 1 atom stereocenters. The van der Waals surface area contributed by atoms with E-state index in [9.17, 15) is 4.79 Å². The number of amides is 1. The Bertz CT molecular complexity index is 422. The second-order valence-corrected chi connectivity index (χ2v) is 4.90. The lowest BCUT2D eigenvalue weighted by Crippen LogP contribution is -2.38. The minimum atomic E-state index is 0. The van der Waals surface area contributed by atoms with Crippen LogP contribution in [0.5, 0.6) is 0 Å². The molecular weight excluding hydrogens is 250 g/mol. The highest BCUT2D eigenvalue weighted by Gasteiger charge is 2.31. The largest absolute Gasteiger partial charge is 0.384 e. The zero-order chi connectivity index (χ0) is 12.4. The van der Waals surface area contributed by atoms with Gasteiger partial charge in [-0.1, -0.05) is 19.9 Å². The third kappa shape index (κ3) is 2.93. The van der Waals surface area contributed by atoms with Crippen molar-refractivity contribution in [1.82, 2.24) is 9.88 Å². The molecule has 1 amide bonds. The Kier molecular flexibility index (Phi) is 4.96. The number of anilines is 1. The number of nitrogen functional groups attached to an aromatic ring is 1. The highest BCUT2D eigenvalue weighted by atomic mass is 35.5. The van der Waals surface area contributed by atoms with E-state index in [-0.39, 0.29) is 18.3 Å². The number of hydrogen-bond donors (Lipinski definition) is 1. The predicted octanol–water partition coefficient (Wildman–Crippen LogP) is 2.35. The summed E-state index contributed by atoms with van der Waals surface area (Å²) < 4.78 is 0. The van der Waals surface area contributed by atoms with Gasteiger partial charge in [-0.3, -0.25) is 4.79 Å². The Hall–Kier alpha value is -1.29. The number of halogens is 1. The summed E-state index contributed by atoms with van der Waals surface area (Å²) in [6.45, 7) is 5.14. The molecule has 0 bridgehead atoms. The van der Waals surface area contributed by atoms with Crippen molar-refractivity contribution in [3.63, 3.8) is 0 Å². The monoisotopic (exact) mass is 269 g/mol. The van der Waals surface area contributed by atoms with Crippen LogP contribution in [-0.4, -0.2) is 28.4 Å². The third-order valence-electron chi connectivity index (χ3n) is 3.32. The molecule has 1 fully saturated rings. The quantitative estimate of drug-likeness (QED) is 0.897. The van der Waals surface area contributed by atoms with E-state index in [4.69, 9.17) is 5.73 Å². The van der Waals surface area contributed by atoms with Crippen LogP contribution in [0.3, 0.4) is 0 Å². The second-order valence-electron chi connectivity index (χ2n) is 4.90. The first kappa shape index (κ1) is 14.8. The van der Waals surface area contributed by atoms with E-state index < -0.39 is 0 Å². The van der Waals surface area contributed by atoms with E-state index in [1.807, 2.05) is 4.90 Å². The van der Waals surface area contributed by atoms with Crippen LogP contribution in [0.4, 0.5) is 5.82 Å². The first-order chi connectivity index (χ1) is 8.09. The van der Waals surface area contributed by atoms with Crippen molar-refractivity contribution >= 4 is 24.1 Å². The summed E-state index contributed by atoms with van der Waals surface area (Å²) in [5.41, 5.74) is 6.06. The minimum Gasteiger partial charge on any atom is -0.384 e. The van der Waals surface area contributed by atoms with E-state index >= 15 is 0 Å². The Labute approximate surface area is 114 Å². The van der Waals surface area contributed by atoms with Gasteiger partial charge >= 0.3 is 0 Å². The number of hydrogen-bond acceptors (Lipinski definition) is 3. The standard InChI is InChI=1S/C13H19N3O.ClH/c1-9(2)11-6-4-8-16(11)13(17)10-5-3-7-12(14)15-10;/h3,5,7,9,11H,4,6,8H2,1-2H3,(H2,14,15);1H. The van der Waals surface area contributed by atoms with Crippen molar-refractivity contribution in [2.75, 3.05) is 12.3 Å². The summed E-state index contributed by atoms with van der Waals surface area (Å²) >= 11 is 0.